The molecule has 1 aliphatic rings. The first-order chi connectivity index (χ1) is 9.31. The van der Waals surface area contributed by atoms with Crippen LogP contribution >= 0.6 is 0 Å². The van der Waals surface area contributed by atoms with Crippen LogP contribution in [0.4, 0.5) is 0 Å². The van der Waals surface area contributed by atoms with E-state index in [1.807, 2.05) is 30.5 Å². The van der Waals surface area contributed by atoms with Gasteiger partial charge in [0.1, 0.15) is 0 Å². The molecule has 1 N–H and O–H groups in total. The molecule has 2 aromatic rings. The van der Waals surface area contributed by atoms with Crippen molar-refractivity contribution in [1.82, 2.24) is 10.3 Å². The van der Waals surface area contributed by atoms with E-state index >= 15 is 0 Å². The fraction of sp³-hybridized carbons (Fsp3) is 0.333. The number of pyridine rings is 1. The largest absolute Gasteiger partial charge is 0.469 e. The molecule has 1 aromatic heterocycles. The number of rotatable bonds is 2. The van der Waals surface area contributed by atoms with Gasteiger partial charge in [0.2, 0.25) is 0 Å². The number of carbonyl (C=O) groups is 1. The number of fused-ring (bicyclic) bond motifs is 1. The van der Waals surface area contributed by atoms with E-state index in [2.05, 4.69) is 16.4 Å². The fourth-order valence-electron chi connectivity index (χ4n) is 2.85. The second-order valence-corrected chi connectivity index (χ2v) is 4.81. The zero-order chi connectivity index (χ0) is 13.2. The molecule has 0 saturated carbocycles. The van der Waals surface area contributed by atoms with Crippen molar-refractivity contribution in [2.75, 3.05) is 20.2 Å². The molecule has 19 heavy (non-hydrogen) atoms. The normalized spacial score (nSPS) is 22.6. The number of aromatic nitrogens is 1. The van der Waals surface area contributed by atoms with Crippen LogP contribution in [0.15, 0.2) is 36.5 Å². The highest BCUT2D eigenvalue weighted by atomic mass is 16.5. The predicted molar refractivity (Wildman–Crippen MR) is 72.9 cm³/mol. The Hall–Kier alpha value is -1.94. The number of esters is 1. The van der Waals surface area contributed by atoms with Gasteiger partial charge in [-0.25, -0.2) is 0 Å². The lowest BCUT2D eigenvalue weighted by Crippen LogP contribution is -2.23. The van der Waals surface area contributed by atoms with Crippen molar-refractivity contribution in [1.29, 1.82) is 0 Å². The summed E-state index contributed by atoms with van der Waals surface area (Å²) in [6, 6.07) is 10.0. The molecule has 0 aliphatic carbocycles. The molecule has 0 radical (unpaired) electrons. The average molecular weight is 256 g/mol. The summed E-state index contributed by atoms with van der Waals surface area (Å²) in [7, 11) is 1.45. The van der Waals surface area contributed by atoms with Gasteiger partial charge in [0.05, 0.1) is 18.5 Å². The van der Waals surface area contributed by atoms with Crippen LogP contribution in [0.3, 0.4) is 0 Å². The molecule has 2 atom stereocenters. The van der Waals surface area contributed by atoms with Crippen molar-refractivity contribution < 1.29 is 9.53 Å². The van der Waals surface area contributed by atoms with Crippen LogP contribution in [0.2, 0.25) is 0 Å². The summed E-state index contributed by atoms with van der Waals surface area (Å²) in [6.45, 7) is 1.47. The van der Waals surface area contributed by atoms with E-state index in [1.54, 1.807) is 0 Å². The highest BCUT2D eigenvalue weighted by Crippen LogP contribution is 2.32. The van der Waals surface area contributed by atoms with Gasteiger partial charge < -0.3 is 10.1 Å². The Balaban J connectivity index is 2.06. The van der Waals surface area contributed by atoms with Crippen molar-refractivity contribution in [3.8, 4) is 0 Å². The minimum atomic E-state index is -0.143. The standard InChI is InChI=1S/C15H16N2O2/c1-19-15(18)13-9-16-8-12(13)10-6-7-17-14-5-3-2-4-11(10)14/h2-7,12-13,16H,8-9H2,1H3. The van der Waals surface area contributed by atoms with Gasteiger partial charge in [0, 0.05) is 30.6 Å². The minimum Gasteiger partial charge on any atom is -0.469 e. The van der Waals surface area contributed by atoms with Crippen molar-refractivity contribution in [2.45, 2.75) is 5.92 Å². The van der Waals surface area contributed by atoms with Gasteiger partial charge in [0.15, 0.2) is 0 Å². The number of methoxy groups -OCH3 is 1. The molecule has 1 fully saturated rings. The molecule has 0 spiro atoms. The van der Waals surface area contributed by atoms with Gasteiger partial charge in [-0.2, -0.15) is 0 Å². The molecule has 98 valence electrons. The molecule has 1 saturated heterocycles. The summed E-state index contributed by atoms with van der Waals surface area (Å²) < 4.78 is 4.90. The zero-order valence-electron chi connectivity index (χ0n) is 10.8. The summed E-state index contributed by atoms with van der Waals surface area (Å²) in [4.78, 5) is 16.2. The van der Waals surface area contributed by atoms with Crippen molar-refractivity contribution in [3.63, 3.8) is 0 Å². The zero-order valence-corrected chi connectivity index (χ0v) is 10.8. The molecular formula is C15H16N2O2. The molecule has 2 heterocycles. The number of ether oxygens (including phenoxy) is 1. The lowest BCUT2D eigenvalue weighted by Gasteiger charge is -2.18. The van der Waals surface area contributed by atoms with Crippen molar-refractivity contribution >= 4 is 16.9 Å². The lowest BCUT2D eigenvalue weighted by molar-refractivity contribution is -0.145. The Labute approximate surface area is 111 Å². The molecule has 1 aliphatic heterocycles. The molecule has 4 nitrogen and oxygen atoms in total. The molecule has 0 amide bonds. The van der Waals surface area contributed by atoms with Crippen LogP contribution in [0.25, 0.3) is 10.9 Å². The first kappa shape index (κ1) is 12.1. The molecule has 0 bridgehead atoms. The maximum Gasteiger partial charge on any atom is 0.310 e. The van der Waals surface area contributed by atoms with Gasteiger partial charge in [-0.1, -0.05) is 18.2 Å². The third-order valence-corrected chi connectivity index (χ3v) is 3.80. The average Bonchev–Trinajstić information content (AvgIpc) is 2.95. The fourth-order valence-corrected chi connectivity index (χ4v) is 2.85. The highest BCUT2D eigenvalue weighted by molar-refractivity contribution is 5.84. The smallest absolute Gasteiger partial charge is 0.310 e. The van der Waals surface area contributed by atoms with Crippen LogP contribution in [0, 0.1) is 5.92 Å². The van der Waals surface area contributed by atoms with E-state index < -0.39 is 0 Å². The molecule has 3 rings (SSSR count). The summed E-state index contributed by atoms with van der Waals surface area (Å²) in [5.74, 6) is -0.105. The predicted octanol–water partition coefficient (Wildman–Crippen LogP) is 1.71. The first-order valence-corrected chi connectivity index (χ1v) is 6.43. The number of carbonyl (C=O) groups excluding carboxylic acids is 1. The Morgan fingerprint density at radius 3 is 3.00 bits per heavy atom. The van der Waals surface area contributed by atoms with Gasteiger partial charge in [-0.15, -0.1) is 0 Å². The third kappa shape index (κ3) is 2.08. The summed E-state index contributed by atoms with van der Waals surface area (Å²) in [6.07, 6.45) is 1.81. The monoisotopic (exact) mass is 256 g/mol. The third-order valence-electron chi connectivity index (χ3n) is 3.80. The molecular weight excluding hydrogens is 240 g/mol. The second-order valence-electron chi connectivity index (χ2n) is 4.81. The Bertz CT molecular complexity index is 607. The van der Waals surface area contributed by atoms with Crippen LogP contribution in [-0.2, 0) is 9.53 Å². The number of hydrogen-bond donors (Lipinski definition) is 1. The van der Waals surface area contributed by atoms with Crippen molar-refractivity contribution in [2.24, 2.45) is 5.92 Å². The summed E-state index contributed by atoms with van der Waals surface area (Å²) in [5.41, 5.74) is 2.14. The van der Waals surface area contributed by atoms with Crippen LogP contribution in [-0.4, -0.2) is 31.2 Å². The van der Waals surface area contributed by atoms with Crippen LogP contribution in [0.5, 0.6) is 0 Å². The number of benzene rings is 1. The molecule has 4 heteroatoms. The van der Waals surface area contributed by atoms with E-state index in [-0.39, 0.29) is 17.8 Å². The maximum atomic E-state index is 11.9. The Morgan fingerprint density at radius 2 is 2.16 bits per heavy atom. The van der Waals surface area contributed by atoms with Crippen LogP contribution < -0.4 is 5.32 Å². The number of nitrogens with one attached hydrogen (secondary N) is 1. The number of nitrogens with zero attached hydrogens (tertiary/aromatic N) is 1. The van der Waals surface area contributed by atoms with E-state index in [9.17, 15) is 4.79 Å². The molecule has 2 unspecified atom stereocenters. The summed E-state index contributed by atoms with van der Waals surface area (Å²) >= 11 is 0. The van der Waals surface area contributed by atoms with Gasteiger partial charge in [-0.05, 0) is 17.7 Å². The second kappa shape index (κ2) is 4.97. The van der Waals surface area contributed by atoms with Gasteiger partial charge >= 0.3 is 5.97 Å². The first-order valence-electron chi connectivity index (χ1n) is 6.43. The minimum absolute atomic E-state index is 0.115. The highest BCUT2D eigenvalue weighted by Gasteiger charge is 2.35. The maximum absolute atomic E-state index is 11.9. The van der Waals surface area contributed by atoms with Crippen molar-refractivity contribution in [3.05, 3.63) is 42.1 Å². The topological polar surface area (TPSA) is 51.2 Å². The quantitative estimate of drug-likeness (QED) is 0.831. The van der Waals surface area contributed by atoms with E-state index in [1.165, 1.54) is 12.7 Å². The van der Waals surface area contributed by atoms with Gasteiger partial charge in [-0.3, -0.25) is 9.78 Å². The van der Waals surface area contributed by atoms with E-state index in [0.717, 1.165) is 17.4 Å². The van der Waals surface area contributed by atoms with Gasteiger partial charge in [0.25, 0.3) is 0 Å². The summed E-state index contributed by atoms with van der Waals surface area (Å²) in [5, 5.41) is 4.40. The lowest BCUT2D eigenvalue weighted by atomic mass is 9.87. The Morgan fingerprint density at radius 1 is 1.32 bits per heavy atom. The van der Waals surface area contributed by atoms with E-state index in [0.29, 0.717) is 6.54 Å². The number of para-hydroxylation sites is 1. The van der Waals surface area contributed by atoms with E-state index in [4.69, 9.17) is 4.74 Å². The van der Waals surface area contributed by atoms with Crippen LogP contribution in [0.1, 0.15) is 11.5 Å². The number of hydrogen-bond acceptors (Lipinski definition) is 4. The SMILES string of the molecule is COC(=O)C1CNCC1c1ccnc2ccccc12. The Kier molecular flexibility index (Phi) is 3.17. The molecule has 1 aromatic carbocycles.